The van der Waals surface area contributed by atoms with E-state index in [0.717, 1.165) is 21.7 Å². The van der Waals surface area contributed by atoms with Crippen LogP contribution in [0.5, 0.6) is 0 Å². The fourth-order valence-corrected chi connectivity index (χ4v) is 2.93. The molecule has 1 aromatic carbocycles. The van der Waals surface area contributed by atoms with E-state index in [-0.39, 0.29) is 6.04 Å². The molecule has 1 unspecified atom stereocenters. The molecule has 2 aromatic heterocycles. The third kappa shape index (κ3) is 2.99. The van der Waals surface area contributed by atoms with Crippen molar-refractivity contribution in [2.24, 2.45) is 7.05 Å². The number of imidazole rings is 1. The molecule has 0 saturated heterocycles. The van der Waals surface area contributed by atoms with E-state index >= 15 is 0 Å². The molecule has 2 heterocycles. The van der Waals surface area contributed by atoms with Crippen LogP contribution in [0.15, 0.2) is 57.9 Å². The highest BCUT2D eigenvalue weighted by Gasteiger charge is 2.21. The lowest BCUT2D eigenvalue weighted by molar-refractivity contribution is 0.488. The van der Waals surface area contributed by atoms with Crippen LogP contribution in [0.1, 0.15) is 17.6 Å². The average Bonchev–Trinajstić information content (AvgIpc) is 3.10. The molecule has 0 aliphatic rings. The molecule has 4 nitrogen and oxygen atoms in total. The van der Waals surface area contributed by atoms with Crippen LogP contribution in [-0.2, 0) is 7.05 Å². The van der Waals surface area contributed by atoms with Crippen LogP contribution in [0.25, 0.3) is 0 Å². The molecular formula is C15H13BrClN3O. The quantitative estimate of drug-likeness (QED) is 0.732. The van der Waals surface area contributed by atoms with Gasteiger partial charge in [0.1, 0.15) is 17.6 Å². The number of nitrogens with zero attached hydrogens (tertiary/aromatic N) is 2. The molecule has 0 saturated carbocycles. The van der Waals surface area contributed by atoms with Crippen LogP contribution < -0.4 is 5.32 Å². The maximum Gasteiger partial charge on any atom is 0.143 e. The van der Waals surface area contributed by atoms with Gasteiger partial charge in [-0.25, -0.2) is 4.98 Å². The number of aromatic nitrogens is 2. The zero-order valence-corrected chi connectivity index (χ0v) is 13.6. The topological polar surface area (TPSA) is 43.0 Å². The first-order valence-electron chi connectivity index (χ1n) is 6.37. The summed E-state index contributed by atoms with van der Waals surface area (Å²) in [6.45, 7) is 0. The highest BCUT2D eigenvalue weighted by molar-refractivity contribution is 9.10. The van der Waals surface area contributed by atoms with E-state index in [4.69, 9.17) is 16.0 Å². The molecule has 6 heteroatoms. The lowest BCUT2D eigenvalue weighted by atomic mass is 10.2. The van der Waals surface area contributed by atoms with Gasteiger partial charge in [-0.05, 0) is 46.3 Å². The number of halogens is 2. The van der Waals surface area contributed by atoms with Crippen LogP contribution in [-0.4, -0.2) is 9.55 Å². The molecule has 0 amide bonds. The highest BCUT2D eigenvalue weighted by Crippen LogP contribution is 2.31. The van der Waals surface area contributed by atoms with Gasteiger partial charge in [0.2, 0.25) is 0 Å². The van der Waals surface area contributed by atoms with Gasteiger partial charge in [-0.3, -0.25) is 0 Å². The summed E-state index contributed by atoms with van der Waals surface area (Å²) >= 11 is 9.50. The van der Waals surface area contributed by atoms with Gasteiger partial charge in [-0.2, -0.15) is 0 Å². The van der Waals surface area contributed by atoms with Gasteiger partial charge in [0, 0.05) is 34.6 Å². The maximum absolute atomic E-state index is 5.99. The highest BCUT2D eigenvalue weighted by atomic mass is 79.9. The standard InChI is InChI=1S/C15H13BrClN3O/c1-20-7-6-18-15(20)14(13-3-2-8-21-13)19-12-5-4-10(17)9-11(12)16/h2-9,14,19H,1H3. The van der Waals surface area contributed by atoms with Gasteiger partial charge in [0.15, 0.2) is 0 Å². The lowest BCUT2D eigenvalue weighted by Gasteiger charge is -2.18. The Morgan fingerprint density at radius 2 is 2.24 bits per heavy atom. The van der Waals surface area contributed by atoms with E-state index in [1.165, 1.54) is 0 Å². The van der Waals surface area contributed by atoms with Crippen molar-refractivity contribution in [3.8, 4) is 0 Å². The van der Waals surface area contributed by atoms with Crippen molar-refractivity contribution in [2.45, 2.75) is 6.04 Å². The molecule has 0 aliphatic carbocycles. The lowest BCUT2D eigenvalue weighted by Crippen LogP contribution is -2.16. The molecule has 3 aromatic rings. The molecule has 3 rings (SSSR count). The minimum atomic E-state index is -0.183. The van der Waals surface area contributed by atoms with E-state index in [1.54, 1.807) is 12.5 Å². The van der Waals surface area contributed by atoms with Crippen LogP contribution in [0.4, 0.5) is 5.69 Å². The van der Waals surface area contributed by atoms with Crippen molar-refractivity contribution >= 4 is 33.2 Å². The van der Waals surface area contributed by atoms with Crippen molar-refractivity contribution in [3.63, 3.8) is 0 Å². The second kappa shape index (κ2) is 5.95. The van der Waals surface area contributed by atoms with Crippen molar-refractivity contribution in [1.82, 2.24) is 9.55 Å². The van der Waals surface area contributed by atoms with Crippen molar-refractivity contribution in [1.29, 1.82) is 0 Å². The third-order valence-corrected chi connectivity index (χ3v) is 4.07. The number of nitrogens with one attached hydrogen (secondary N) is 1. The largest absolute Gasteiger partial charge is 0.467 e. The fourth-order valence-electron chi connectivity index (χ4n) is 2.14. The van der Waals surface area contributed by atoms with Crippen molar-refractivity contribution in [2.75, 3.05) is 5.32 Å². The molecular weight excluding hydrogens is 354 g/mol. The number of rotatable bonds is 4. The SMILES string of the molecule is Cn1ccnc1C(Nc1ccc(Cl)cc1Br)c1ccco1. The predicted octanol–water partition coefficient (Wildman–Crippen LogP) is 4.63. The number of aryl methyl sites for hydroxylation is 1. The molecule has 0 bridgehead atoms. The van der Waals surface area contributed by atoms with Crippen molar-refractivity contribution in [3.05, 3.63) is 70.1 Å². The van der Waals surface area contributed by atoms with E-state index in [1.807, 2.05) is 48.1 Å². The maximum atomic E-state index is 5.99. The van der Waals surface area contributed by atoms with Gasteiger partial charge < -0.3 is 14.3 Å². The van der Waals surface area contributed by atoms with E-state index in [9.17, 15) is 0 Å². The number of furan rings is 1. The van der Waals surface area contributed by atoms with Crippen LogP contribution in [0.2, 0.25) is 5.02 Å². The molecule has 0 spiro atoms. The summed E-state index contributed by atoms with van der Waals surface area (Å²) in [5.74, 6) is 1.66. The Morgan fingerprint density at radius 3 is 2.86 bits per heavy atom. The number of anilines is 1. The van der Waals surface area contributed by atoms with Gasteiger partial charge in [0.05, 0.1) is 6.26 Å². The number of benzene rings is 1. The number of hydrogen-bond donors (Lipinski definition) is 1. The smallest absolute Gasteiger partial charge is 0.143 e. The van der Waals surface area contributed by atoms with E-state index in [0.29, 0.717) is 5.02 Å². The zero-order valence-electron chi connectivity index (χ0n) is 11.3. The second-order valence-electron chi connectivity index (χ2n) is 4.61. The summed E-state index contributed by atoms with van der Waals surface area (Å²) < 4.78 is 8.40. The summed E-state index contributed by atoms with van der Waals surface area (Å²) in [4.78, 5) is 4.41. The fraction of sp³-hybridized carbons (Fsp3) is 0.133. The number of hydrogen-bond acceptors (Lipinski definition) is 3. The van der Waals surface area contributed by atoms with Crippen molar-refractivity contribution < 1.29 is 4.42 Å². The normalized spacial score (nSPS) is 12.3. The molecule has 1 atom stereocenters. The van der Waals surface area contributed by atoms with Crippen LogP contribution in [0, 0.1) is 0 Å². The molecule has 0 aliphatic heterocycles. The Balaban J connectivity index is 1.99. The van der Waals surface area contributed by atoms with Gasteiger partial charge in [-0.15, -0.1) is 0 Å². The Labute approximate surface area is 135 Å². The molecule has 1 N–H and O–H groups in total. The monoisotopic (exact) mass is 365 g/mol. The summed E-state index contributed by atoms with van der Waals surface area (Å²) in [5, 5.41) is 4.12. The van der Waals surface area contributed by atoms with Gasteiger partial charge in [0.25, 0.3) is 0 Å². The van der Waals surface area contributed by atoms with E-state index < -0.39 is 0 Å². The predicted molar refractivity (Wildman–Crippen MR) is 86.5 cm³/mol. The summed E-state index contributed by atoms with van der Waals surface area (Å²) in [6.07, 6.45) is 5.33. The molecule has 108 valence electrons. The Bertz CT molecular complexity index is 739. The second-order valence-corrected chi connectivity index (χ2v) is 5.90. The Hall–Kier alpha value is -1.72. The summed E-state index contributed by atoms with van der Waals surface area (Å²) in [5.41, 5.74) is 0.920. The minimum Gasteiger partial charge on any atom is -0.467 e. The van der Waals surface area contributed by atoms with Gasteiger partial charge >= 0.3 is 0 Å². The summed E-state index contributed by atoms with van der Waals surface area (Å²) in [6, 6.07) is 9.22. The summed E-state index contributed by atoms with van der Waals surface area (Å²) in [7, 11) is 1.96. The zero-order chi connectivity index (χ0) is 14.8. The molecule has 0 radical (unpaired) electrons. The first-order chi connectivity index (χ1) is 10.1. The van der Waals surface area contributed by atoms with Gasteiger partial charge in [-0.1, -0.05) is 11.6 Å². The average molecular weight is 367 g/mol. The van der Waals surface area contributed by atoms with Crippen LogP contribution >= 0.6 is 27.5 Å². The Kier molecular flexibility index (Phi) is 4.03. The minimum absolute atomic E-state index is 0.183. The van der Waals surface area contributed by atoms with Crippen LogP contribution in [0.3, 0.4) is 0 Å². The molecule has 21 heavy (non-hydrogen) atoms. The van der Waals surface area contributed by atoms with E-state index in [2.05, 4.69) is 26.2 Å². The first-order valence-corrected chi connectivity index (χ1v) is 7.54. The Morgan fingerprint density at radius 1 is 1.38 bits per heavy atom. The first kappa shape index (κ1) is 14.2. The third-order valence-electron chi connectivity index (χ3n) is 3.18. The molecule has 0 fully saturated rings.